The summed E-state index contributed by atoms with van der Waals surface area (Å²) in [6, 6.07) is 2.04. The Morgan fingerprint density at radius 3 is 2.88 bits per heavy atom. The second-order valence-corrected chi connectivity index (χ2v) is 5.62. The number of nitrogens with one attached hydrogen (secondary N) is 1. The van der Waals surface area contributed by atoms with Gasteiger partial charge in [-0.3, -0.25) is 4.48 Å². The summed E-state index contributed by atoms with van der Waals surface area (Å²) in [7, 11) is 6.20. The standard InChI is InChI=1S/C10H13N6S/c1-16(2,3)10-14-13-9-12-11-6-7-4-5-17-8(7)15(9)10/h4-6H,1-3H3,(H,12,13)/q+1. The lowest BCUT2D eigenvalue weighted by Crippen LogP contribution is -2.37. The zero-order valence-electron chi connectivity index (χ0n) is 9.88. The summed E-state index contributed by atoms with van der Waals surface area (Å²) in [6.07, 6.45) is 1.81. The molecule has 7 heteroatoms. The Hall–Kier alpha value is -1.73. The van der Waals surface area contributed by atoms with Crippen molar-refractivity contribution < 1.29 is 0 Å². The van der Waals surface area contributed by atoms with Crippen LogP contribution in [0, 0.1) is 0 Å². The average molecular weight is 249 g/mol. The number of anilines is 1. The van der Waals surface area contributed by atoms with Crippen LogP contribution in [-0.2, 0) is 0 Å². The number of quaternary nitrogens is 1. The molecule has 3 heterocycles. The molecule has 17 heavy (non-hydrogen) atoms. The zero-order valence-corrected chi connectivity index (χ0v) is 10.7. The van der Waals surface area contributed by atoms with Gasteiger partial charge < -0.3 is 0 Å². The van der Waals surface area contributed by atoms with Crippen molar-refractivity contribution in [2.45, 2.75) is 0 Å². The SMILES string of the molecule is C[N+](C)(C)c1nnc2n1-c1sccc1C=NN2. The number of thiophene rings is 1. The van der Waals surface area contributed by atoms with E-state index in [-0.39, 0.29) is 0 Å². The molecule has 0 unspecified atom stereocenters. The van der Waals surface area contributed by atoms with E-state index in [0.29, 0.717) is 10.4 Å². The van der Waals surface area contributed by atoms with Crippen molar-refractivity contribution in [3.8, 4) is 5.00 Å². The third-order valence-electron chi connectivity index (χ3n) is 2.49. The molecule has 1 aliphatic heterocycles. The monoisotopic (exact) mass is 249 g/mol. The Labute approximate surface area is 103 Å². The molecule has 0 saturated carbocycles. The highest BCUT2D eigenvalue weighted by Gasteiger charge is 2.28. The molecule has 0 bridgehead atoms. The van der Waals surface area contributed by atoms with Crippen LogP contribution in [0.2, 0.25) is 0 Å². The highest BCUT2D eigenvalue weighted by molar-refractivity contribution is 7.13. The van der Waals surface area contributed by atoms with E-state index in [1.165, 1.54) is 0 Å². The molecule has 2 aromatic heterocycles. The van der Waals surface area contributed by atoms with E-state index in [9.17, 15) is 0 Å². The summed E-state index contributed by atoms with van der Waals surface area (Å²) < 4.78 is 2.62. The third-order valence-corrected chi connectivity index (χ3v) is 3.41. The first kappa shape index (κ1) is 10.4. The fourth-order valence-electron chi connectivity index (χ4n) is 1.72. The molecular weight excluding hydrogens is 236 g/mol. The third kappa shape index (κ3) is 1.55. The van der Waals surface area contributed by atoms with Crippen molar-refractivity contribution in [2.75, 3.05) is 26.6 Å². The summed E-state index contributed by atoms with van der Waals surface area (Å²) >= 11 is 1.66. The Bertz CT molecular complexity index is 588. The second kappa shape index (κ2) is 3.38. The molecule has 1 N–H and O–H groups in total. The maximum absolute atomic E-state index is 4.24. The van der Waals surface area contributed by atoms with Gasteiger partial charge >= 0.3 is 5.95 Å². The van der Waals surface area contributed by atoms with Crippen LogP contribution in [0.5, 0.6) is 0 Å². The predicted octanol–water partition coefficient (Wildman–Crippen LogP) is 1.28. The van der Waals surface area contributed by atoms with Gasteiger partial charge in [0.1, 0.15) is 5.00 Å². The smallest absolute Gasteiger partial charge is 0.264 e. The Kier molecular flexibility index (Phi) is 2.07. The minimum Gasteiger partial charge on any atom is -0.264 e. The van der Waals surface area contributed by atoms with Gasteiger partial charge in [-0.25, -0.2) is 9.99 Å². The number of fused-ring (bicyclic) bond motifs is 3. The molecule has 2 aromatic rings. The topological polar surface area (TPSA) is 55.1 Å². The van der Waals surface area contributed by atoms with Crippen molar-refractivity contribution in [3.05, 3.63) is 17.0 Å². The fraction of sp³-hybridized carbons (Fsp3) is 0.300. The highest BCUT2D eigenvalue weighted by Crippen LogP contribution is 2.31. The molecule has 0 amide bonds. The minimum atomic E-state index is 0.603. The molecule has 3 rings (SSSR count). The van der Waals surface area contributed by atoms with Crippen LogP contribution < -0.4 is 9.91 Å². The normalized spacial score (nSPS) is 13.8. The van der Waals surface area contributed by atoms with Crippen molar-refractivity contribution in [2.24, 2.45) is 5.10 Å². The van der Waals surface area contributed by atoms with Gasteiger partial charge in [-0.1, -0.05) is 5.10 Å². The Balaban J connectivity index is 2.29. The minimum absolute atomic E-state index is 0.603. The number of hydrogen-bond donors (Lipinski definition) is 1. The number of aromatic nitrogens is 3. The summed E-state index contributed by atoms with van der Waals surface area (Å²) in [4.78, 5) is 0. The number of nitrogens with zero attached hydrogens (tertiary/aromatic N) is 5. The summed E-state index contributed by atoms with van der Waals surface area (Å²) in [5.41, 5.74) is 3.99. The first-order valence-corrected chi connectivity index (χ1v) is 6.10. The van der Waals surface area contributed by atoms with Crippen LogP contribution in [0.15, 0.2) is 16.5 Å². The van der Waals surface area contributed by atoms with Gasteiger partial charge in [0.2, 0.25) is 0 Å². The Morgan fingerprint density at radius 2 is 2.12 bits per heavy atom. The van der Waals surface area contributed by atoms with Crippen molar-refractivity contribution >= 4 is 29.4 Å². The maximum Gasteiger partial charge on any atom is 0.335 e. The second-order valence-electron chi connectivity index (χ2n) is 4.72. The zero-order chi connectivity index (χ0) is 12.0. The van der Waals surface area contributed by atoms with E-state index < -0.39 is 0 Å². The summed E-state index contributed by atoms with van der Waals surface area (Å²) in [5, 5.41) is 15.7. The number of rotatable bonds is 1. The molecule has 0 spiro atoms. The average Bonchev–Trinajstić information content (AvgIpc) is 2.81. The molecule has 0 fully saturated rings. The van der Waals surface area contributed by atoms with E-state index in [2.05, 4.69) is 41.9 Å². The maximum atomic E-state index is 4.24. The predicted molar refractivity (Wildman–Crippen MR) is 70.0 cm³/mol. The van der Waals surface area contributed by atoms with Crippen LogP contribution >= 0.6 is 11.3 Å². The first-order chi connectivity index (χ1) is 8.07. The van der Waals surface area contributed by atoms with E-state index >= 15 is 0 Å². The fourth-order valence-corrected chi connectivity index (χ4v) is 2.59. The van der Waals surface area contributed by atoms with Gasteiger partial charge in [0.25, 0.3) is 5.95 Å². The molecular formula is C10H13N6S+. The first-order valence-electron chi connectivity index (χ1n) is 5.22. The summed E-state index contributed by atoms with van der Waals surface area (Å²) in [5.74, 6) is 1.53. The van der Waals surface area contributed by atoms with Crippen LogP contribution in [0.3, 0.4) is 0 Å². The van der Waals surface area contributed by atoms with E-state index in [1.54, 1.807) is 17.6 Å². The lowest BCUT2D eigenvalue weighted by Gasteiger charge is -2.21. The summed E-state index contributed by atoms with van der Waals surface area (Å²) in [6.45, 7) is 0. The van der Waals surface area contributed by atoms with E-state index in [4.69, 9.17) is 0 Å². The lowest BCUT2D eigenvalue weighted by atomic mass is 10.3. The molecule has 88 valence electrons. The van der Waals surface area contributed by atoms with Crippen molar-refractivity contribution in [1.29, 1.82) is 0 Å². The van der Waals surface area contributed by atoms with Gasteiger partial charge in [-0.05, 0) is 11.4 Å². The largest absolute Gasteiger partial charge is 0.335 e. The van der Waals surface area contributed by atoms with Crippen molar-refractivity contribution in [1.82, 2.24) is 19.2 Å². The molecule has 0 aliphatic carbocycles. The van der Waals surface area contributed by atoms with Crippen LogP contribution in [0.1, 0.15) is 5.56 Å². The molecule has 0 aromatic carbocycles. The van der Waals surface area contributed by atoms with Crippen molar-refractivity contribution in [3.63, 3.8) is 0 Å². The molecule has 0 saturated heterocycles. The molecule has 0 atom stereocenters. The highest BCUT2D eigenvalue weighted by atomic mass is 32.1. The van der Waals surface area contributed by atoms with Gasteiger partial charge in [0.05, 0.1) is 27.4 Å². The number of hydrazone groups is 1. The quantitative estimate of drug-likeness (QED) is 0.775. The Morgan fingerprint density at radius 1 is 1.29 bits per heavy atom. The van der Waals surface area contributed by atoms with Gasteiger partial charge in [-0.15, -0.1) is 16.4 Å². The number of hydrogen-bond acceptors (Lipinski definition) is 5. The molecule has 6 nitrogen and oxygen atoms in total. The molecule has 1 aliphatic rings. The van der Waals surface area contributed by atoms with Gasteiger partial charge in [0, 0.05) is 5.56 Å². The van der Waals surface area contributed by atoms with Crippen LogP contribution in [0.4, 0.5) is 11.9 Å². The van der Waals surface area contributed by atoms with E-state index in [1.807, 2.05) is 16.0 Å². The van der Waals surface area contributed by atoms with Gasteiger partial charge in [-0.2, -0.15) is 5.10 Å². The van der Waals surface area contributed by atoms with Gasteiger partial charge in [0.15, 0.2) is 0 Å². The van der Waals surface area contributed by atoms with Crippen LogP contribution in [-0.4, -0.2) is 42.1 Å². The lowest BCUT2D eigenvalue weighted by molar-refractivity contribution is 0.452. The van der Waals surface area contributed by atoms with Crippen LogP contribution in [0.25, 0.3) is 5.00 Å². The molecule has 0 radical (unpaired) electrons. The van der Waals surface area contributed by atoms with E-state index in [0.717, 1.165) is 16.5 Å².